The van der Waals surface area contributed by atoms with Gasteiger partial charge in [-0.15, -0.1) is 0 Å². The van der Waals surface area contributed by atoms with Crippen LogP contribution in [-0.2, 0) is 11.3 Å². The highest BCUT2D eigenvalue weighted by Crippen LogP contribution is 2.29. The van der Waals surface area contributed by atoms with Gasteiger partial charge < -0.3 is 14.8 Å². The molecule has 1 fully saturated rings. The van der Waals surface area contributed by atoms with Crippen molar-refractivity contribution >= 4 is 0 Å². The minimum absolute atomic E-state index is 0.327. The molecule has 0 radical (unpaired) electrons. The number of methoxy groups -OCH3 is 1. The van der Waals surface area contributed by atoms with Gasteiger partial charge in [0, 0.05) is 18.3 Å². The van der Waals surface area contributed by atoms with Gasteiger partial charge in [-0.1, -0.05) is 6.07 Å². The number of hydrogen-bond acceptors (Lipinski definition) is 4. The Morgan fingerprint density at radius 2 is 2.30 bits per heavy atom. The van der Waals surface area contributed by atoms with Gasteiger partial charge >= 0.3 is 0 Å². The number of rotatable bonds is 5. The summed E-state index contributed by atoms with van der Waals surface area (Å²) in [6.07, 6.45) is 3.15. The van der Waals surface area contributed by atoms with Crippen molar-refractivity contribution in [2.45, 2.75) is 19.1 Å². The first-order chi connectivity index (χ1) is 9.86. The minimum Gasteiger partial charge on any atom is -0.496 e. The number of aromatic amines is 1. The largest absolute Gasteiger partial charge is 0.496 e. The Kier molecular flexibility index (Phi) is 3.99. The summed E-state index contributed by atoms with van der Waals surface area (Å²) in [5.41, 5.74) is 3.09. The lowest BCUT2D eigenvalue weighted by molar-refractivity contribution is 0.0541. The van der Waals surface area contributed by atoms with Crippen LogP contribution in [-0.4, -0.2) is 36.5 Å². The van der Waals surface area contributed by atoms with E-state index in [1.165, 1.54) is 0 Å². The molecule has 2 N–H and O–H groups in total. The first-order valence-electron chi connectivity index (χ1n) is 6.86. The molecule has 106 valence electrons. The van der Waals surface area contributed by atoms with Crippen LogP contribution in [0.25, 0.3) is 11.3 Å². The second-order valence-electron chi connectivity index (χ2n) is 4.93. The van der Waals surface area contributed by atoms with Crippen LogP contribution in [0.1, 0.15) is 12.0 Å². The molecule has 0 aliphatic carbocycles. The summed E-state index contributed by atoms with van der Waals surface area (Å²) < 4.78 is 11.3. The Labute approximate surface area is 118 Å². The zero-order valence-electron chi connectivity index (χ0n) is 11.6. The van der Waals surface area contributed by atoms with Crippen molar-refractivity contribution in [3.8, 4) is 17.0 Å². The molecule has 2 heterocycles. The van der Waals surface area contributed by atoms with Gasteiger partial charge in [-0.3, -0.25) is 5.10 Å². The van der Waals surface area contributed by atoms with Gasteiger partial charge in [0.1, 0.15) is 5.75 Å². The highest BCUT2D eigenvalue weighted by Gasteiger charge is 2.15. The van der Waals surface area contributed by atoms with Gasteiger partial charge in [-0.05, 0) is 36.7 Å². The van der Waals surface area contributed by atoms with E-state index in [2.05, 4.69) is 21.6 Å². The average Bonchev–Trinajstić information content (AvgIpc) is 3.18. The van der Waals surface area contributed by atoms with Crippen molar-refractivity contribution in [1.82, 2.24) is 15.5 Å². The van der Waals surface area contributed by atoms with Gasteiger partial charge in [-0.25, -0.2) is 0 Å². The molecule has 1 atom stereocenters. The van der Waals surface area contributed by atoms with Crippen molar-refractivity contribution < 1.29 is 9.47 Å². The monoisotopic (exact) mass is 273 g/mol. The van der Waals surface area contributed by atoms with Crippen LogP contribution in [0.3, 0.4) is 0 Å². The highest BCUT2D eigenvalue weighted by atomic mass is 16.5. The van der Waals surface area contributed by atoms with E-state index in [-0.39, 0.29) is 0 Å². The molecule has 0 saturated carbocycles. The predicted molar refractivity (Wildman–Crippen MR) is 76.6 cm³/mol. The molecule has 0 unspecified atom stereocenters. The van der Waals surface area contributed by atoms with E-state index in [1.807, 2.05) is 18.2 Å². The predicted octanol–water partition coefficient (Wildman–Crippen LogP) is 1.96. The second-order valence-corrected chi connectivity index (χ2v) is 4.93. The molecule has 0 bridgehead atoms. The summed E-state index contributed by atoms with van der Waals surface area (Å²) in [6.45, 7) is 2.61. The first-order valence-corrected chi connectivity index (χ1v) is 6.86. The third-order valence-electron chi connectivity index (χ3n) is 3.56. The van der Waals surface area contributed by atoms with Crippen molar-refractivity contribution in [3.05, 3.63) is 36.0 Å². The fraction of sp³-hybridized carbons (Fsp3) is 0.400. The topological polar surface area (TPSA) is 59.2 Å². The molecular formula is C15H19N3O2. The molecule has 20 heavy (non-hydrogen) atoms. The lowest BCUT2D eigenvalue weighted by Gasteiger charge is -2.13. The maximum absolute atomic E-state index is 5.88. The summed E-state index contributed by atoms with van der Waals surface area (Å²) in [5.74, 6) is 0.833. The summed E-state index contributed by atoms with van der Waals surface area (Å²) in [7, 11) is 1.68. The minimum atomic E-state index is 0.327. The van der Waals surface area contributed by atoms with Gasteiger partial charge in [0.05, 0.1) is 25.5 Å². The van der Waals surface area contributed by atoms with Crippen LogP contribution in [0.5, 0.6) is 5.75 Å². The fourth-order valence-corrected chi connectivity index (χ4v) is 2.44. The Hall–Kier alpha value is -1.85. The molecule has 1 aromatic carbocycles. The SMILES string of the molecule is COc1cc(CO[C@@H]2CCNC2)ccc1-c1ccn[nH]1. The molecule has 0 spiro atoms. The number of aromatic nitrogens is 2. The lowest BCUT2D eigenvalue weighted by Crippen LogP contribution is -2.16. The normalized spacial score (nSPS) is 18.4. The van der Waals surface area contributed by atoms with Crippen molar-refractivity contribution in [1.29, 1.82) is 0 Å². The Balaban J connectivity index is 1.73. The zero-order chi connectivity index (χ0) is 13.8. The maximum Gasteiger partial charge on any atom is 0.128 e. The Morgan fingerprint density at radius 1 is 1.35 bits per heavy atom. The molecule has 1 aliphatic heterocycles. The third kappa shape index (κ3) is 2.84. The van der Waals surface area contributed by atoms with E-state index in [9.17, 15) is 0 Å². The number of ether oxygens (including phenoxy) is 2. The molecule has 1 saturated heterocycles. The smallest absolute Gasteiger partial charge is 0.128 e. The summed E-state index contributed by atoms with van der Waals surface area (Å²) in [6, 6.07) is 8.07. The van der Waals surface area contributed by atoms with Crippen molar-refractivity contribution in [2.24, 2.45) is 0 Å². The first kappa shape index (κ1) is 13.1. The van der Waals surface area contributed by atoms with Crippen LogP contribution in [0, 0.1) is 0 Å². The second kappa shape index (κ2) is 6.07. The Morgan fingerprint density at radius 3 is 3.00 bits per heavy atom. The lowest BCUT2D eigenvalue weighted by atomic mass is 10.1. The van der Waals surface area contributed by atoms with Gasteiger partial charge in [0.15, 0.2) is 0 Å². The van der Waals surface area contributed by atoms with E-state index >= 15 is 0 Å². The summed E-state index contributed by atoms with van der Waals surface area (Å²) in [4.78, 5) is 0. The number of hydrogen-bond donors (Lipinski definition) is 2. The Bertz CT molecular complexity index is 548. The van der Waals surface area contributed by atoms with E-state index in [0.717, 1.165) is 42.1 Å². The molecule has 0 amide bonds. The molecule has 5 heteroatoms. The van der Waals surface area contributed by atoms with Crippen LogP contribution >= 0.6 is 0 Å². The standard InChI is InChI=1S/C15H19N3O2/c1-19-15-8-11(10-20-12-4-6-16-9-12)2-3-13(15)14-5-7-17-18-14/h2-3,5,7-8,12,16H,4,6,9-10H2,1H3,(H,17,18)/t12-/m1/s1. The van der Waals surface area contributed by atoms with E-state index in [4.69, 9.17) is 9.47 Å². The van der Waals surface area contributed by atoms with Crippen LogP contribution in [0.4, 0.5) is 0 Å². The quantitative estimate of drug-likeness (QED) is 0.874. The third-order valence-corrected chi connectivity index (χ3v) is 3.56. The van der Waals surface area contributed by atoms with Crippen LogP contribution in [0.15, 0.2) is 30.5 Å². The molecule has 3 rings (SSSR count). The van der Waals surface area contributed by atoms with E-state index < -0.39 is 0 Å². The highest BCUT2D eigenvalue weighted by molar-refractivity contribution is 5.67. The molecule has 1 aliphatic rings. The van der Waals surface area contributed by atoms with Crippen molar-refractivity contribution in [2.75, 3.05) is 20.2 Å². The zero-order valence-corrected chi connectivity index (χ0v) is 11.6. The number of nitrogens with zero attached hydrogens (tertiary/aromatic N) is 1. The molecule has 5 nitrogen and oxygen atoms in total. The van der Waals surface area contributed by atoms with Crippen molar-refractivity contribution in [3.63, 3.8) is 0 Å². The average molecular weight is 273 g/mol. The van der Waals surface area contributed by atoms with Gasteiger partial charge in [0.25, 0.3) is 0 Å². The van der Waals surface area contributed by atoms with Gasteiger partial charge in [0.2, 0.25) is 0 Å². The summed E-state index contributed by atoms with van der Waals surface area (Å²) >= 11 is 0. The van der Waals surface area contributed by atoms with E-state index in [1.54, 1.807) is 13.3 Å². The maximum atomic E-state index is 5.88. The number of H-pyrrole nitrogens is 1. The van der Waals surface area contributed by atoms with Gasteiger partial charge in [-0.2, -0.15) is 5.10 Å². The van der Waals surface area contributed by atoms with E-state index in [0.29, 0.717) is 12.7 Å². The molecule has 2 aromatic rings. The number of nitrogens with one attached hydrogen (secondary N) is 2. The van der Waals surface area contributed by atoms with Crippen LogP contribution < -0.4 is 10.1 Å². The summed E-state index contributed by atoms with van der Waals surface area (Å²) in [5, 5.41) is 10.2. The van der Waals surface area contributed by atoms with Crippen LogP contribution in [0.2, 0.25) is 0 Å². The number of benzene rings is 1. The fourth-order valence-electron chi connectivity index (χ4n) is 2.44. The molecular weight excluding hydrogens is 254 g/mol. The molecule has 1 aromatic heterocycles.